The number of ether oxygens (including phenoxy) is 2. The zero-order chi connectivity index (χ0) is 16.8. The number of carbonyl (C=O) groups is 2. The van der Waals surface area contributed by atoms with Gasteiger partial charge in [-0.05, 0) is 25.1 Å². The van der Waals surface area contributed by atoms with E-state index in [0.29, 0.717) is 23.9 Å². The summed E-state index contributed by atoms with van der Waals surface area (Å²) in [4.78, 5) is 22.7. The molecule has 6 nitrogen and oxygen atoms in total. The normalized spacial score (nSPS) is 9.96. The first-order chi connectivity index (χ1) is 11.0. The van der Waals surface area contributed by atoms with Crippen LogP contribution in [0, 0.1) is 0 Å². The van der Waals surface area contributed by atoms with Gasteiger partial charge in [-0.1, -0.05) is 11.6 Å². The van der Waals surface area contributed by atoms with Crippen LogP contribution in [-0.2, 0) is 16.1 Å². The summed E-state index contributed by atoms with van der Waals surface area (Å²) in [5, 5.41) is 0.565. The van der Waals surface area contributed by atoms with Gasteiger partial charge in [-0.15, -0.1) is 0 Å². The fraction of sp³-hybridized carbons (Fsp3) is 0.312. The van der Waals surface area contributed by atoms with E-state index in [-0.39, 0.29) is 29.5 Å². The molecular formula is C16H18BrClN2O4. The van der Waals surface area contributed by atoms with E-state index in [2.05, 4.69) is 0 Å². The van der Waals surface area contributed by atoms with Gasteiger partial charge in [0.15, 0.2) is 6.61 Å². The predicted molar refractivity (Wildman–Crippen MR) is 83.6 cm³/mol. The van der Waals surface area contributed by atoms with Crippen LogP contribution in [0.1, 0.15) is 24.2 Å². The Morgan fingerprint density at radius 1 is 1.33 bits per heavy atom. The van der Waals surface area contributed by atoms with Crippen LogP contribution >= 0.6 is 11.6 Å². The van der Waals surface area contributed by atoms with Crippen LogP contribution < -0.4 is 26.3 Å². The van der Waals surface area contributed by atoms with E-state index in [1.165, 1.54) is 11.5 Å². The van der Waals surface area contributed by atoms with E-state index in [4.69, 9.17) is 21.1 Å². The maximum absolute atomic E-state index is 11.4. The van der Waals surface area contributed by atoms with Crippen molar-refractivity contribution in [3.63, 3.8) is 0 Å². The quantitative estimate of drug-likeness (QED) is 0.451. The second kappa shape index (κ2) is 9.44. The van der Waals surface area contributed by atoms with Gasteiger partial charge in [0, 0.05) is 17.5 Å². The molecule has 0 fully saturated rings. The van der Waals surface area contributed by atoms with Gasteiger partial charge >= 0.3 is 11.9 Å². The highest BCUT2D eigenvalue weighted by atomic mass is 79.9. The third-order valence-electron chi connectivity index (χ3n) is 3.08. The minimum absolute atomic E-state index is 0. The molecule has 1 aromatic heterocycles. The molecule has 0 spiro atoms. The molecule has 0 saturated heterocycles. The number of benzene rings is 1. The monoisotopic (exact) mass is 416 g/mol. The number of hydrogen-bond donors (Lipinski definition) is 0. The Labute approximate surface area is 155 Å². The Bertz CT molecular complexity index is 718. The van der Waals surface area contributed by atoms with Crippen molar-refractivity contribution >= 4 is 23.5 Å². The van der Waals surface area contributed by atoms with Gasteiger partial charge in [0.05, 0.1) is 6.61 Å². The van der Waals surface area contributed by atoms with E-state index in [0.717, 1.165) is 5.56 Å². The van der Waals surface area contributed by atoms with Crippen LogP contribution in [0.25, 0.3) is 0 Å². The first-order valence-corrected chi connectivity index (χ1v) is 7.52. The van der Waals surface area contributed by atoms with Crippen molar-refractivity contribution in [2.45, 2.75) is 20.4 Å². The molecule has 1 heterocycles. The second-order valence-corrected chi connectivity index (χ2v) is 5.29. The number of carbonyl (C=O) groups excluding carboxylic acids is 2. The summed E-state index contributed by atoms with van der Waals surface area (Å²) in [6, 6.07) is 5.16. The molecule has 0 bridgehead atoms. The highest BCUT2D eigenvalue weighted by molar-refractivity contribution is 6.30. The number of imidazole rings is 1. The zero-order valence-electron chi connectivity index (χ0n) is 13.4. The summed E-state index contributed by atoms with van der Waals surface area (Å²) in [6.45, 7) is 3.82. The molecule has 0 aliphatic rings. The largest absolute Gasteiger partial charge is 1.00 e. The van der Waals surface area contributed by atoms with Gasteiger partial charge in [-0.3, -0.25) is 0 Å². The van der Waals surface area contributed by atoms with Gasteiger partial charge in [0.2, 0.25) is 0 Å². The zero-order valence-corrected chi connectivity index (χ0v) is 15.7. The topological polar surface area (TPSA) is 61.4 Å². The summed E-state index contributed by atoms with van der Waals surface area (Å²) in [5.74, 6) is 0.0444. The van der Waals surface area contributed by atoms with E-state index in [1.807, 2.05) is 4.57 Å². The molecule has 0 aliphatic heterocycles. The van der Waals surface area contributed by atoms with Gasteiger partial charge < -0.3 is 26.5 Å². The smallest absolute Gasteiger partial charge is 0.344 e. The van der Waals surface area contributed by atoms with Gasteiger partial charge in [0.25, 0.3) is 6.33 Å². The first-order valence-electron chi connectivity index (χ1n) is 7.14. The number of nitrogens with zero attached hydrogens (tertiary/aromatic N) is 2. The summed E-state index contributed by atoms with van der Waals surface area (Å²) < 4.78 is 13.7. The Hall–Kier alpha value is -1.86. The Morgan fingerprint density at radius 3 is 2.71 bits per heavy atom. The van der Waals surface area contributed by atoms with Gasteiger partial charge in [-0.25, -0.2) is 14.2 Å². The first kappa shape index (κ1) is 20.2. The molecular weight excluding hydrogens is 400 g/mol. The number of hydrogen-bond acceptors (Lipinski definition) is 4. The maximum Gasteiger partial charge on any atom is 0.344 e. The lowest BCUT2D eigenvalue weighted by Gasteiger charge is -2.10. The Kier molecular flexibility index (Phi) is 7.94. The van der Waals surface area contributed by atoms with Gasteiger partial charge in [0.1, 0.15) is 24.7 Å². The van der Waals surface area contributed by atoms with Crippen molar-refractivity contribution in [2.75, 3.05) is 13.2 Å². The van der Waals surface area contributed by atoms with Gasteiger partial charge in [-0.2, -0.15) is 4.57 Å². The third kappa shape index (κ3) is 5.65. The lowest BCUT2D eigenvalue weighted by molar-refractivity contribution is -0.687. The maximum atomic E-state index is 11.4. The highest BCUT2D eigenvalue weighted by Crippen LogP contribution is 2.22. The molecule has 0 atom stereocenters. The fourth-order valence-corrected chi connectivity index (χ4v) is 2.22. The van der Waals surface area contributed by atoms with Crippen molar-refractivity contribution in [3.05, 3.63) is 47.5 Å². The second-order valence-electron chi connectivity index (χ2n) is 4.86. The Morgan fingerprint density at radius 2 is 2.08 bits per heavy atom. The molecule has 0 aliphatic carbocycles. The van der Waals surface area contributed by atoms with Crippen molar-refractivity contribution in [1.82, 2.24) is 4.57 Å². The molecule has 0 saturated carbocycles. The average molecular weight is 418 g/mol. The number of esters is 1. The Balaban J connectivity index is 0.00000288. The van der Waals surface area contributed by atoms with Crippen LogP contribution in [0.4, 0.5) is 0 Å². The third-order valence-corrected chi connectivity index (χ3v) is 3.32. The predicted octanol–water partition coefficient (Wildman–Crippen LogP) is -0.917. The van der Waals surface area contributed by atoms with Crippen LogP contribution in [0.15, 0.2) is 36.9 Å². The van der Waals surface area contributed by atoms with Crippen molar-refractivity contribution in [2.24, 2.45) is 0 Å². The number of aromatic nitrogens is 2. The van der Waals surface area contributed by atoms with Crippen molar-refractivity contribution in [3.8, 4) is 5.75 Å². The summed E-state index contributed by atoms with van der Waals surface area (Å²) >= 11 is 6.04. The number of rotatable bonds is 6. The minimum Gasteiger partial charge on any atom is -1.00 e. The van der Waals surface area contributed by atoms with Crippen molar-refractivity contribution in [1.29, 1.82) is 0 Å². The van der Waals surface area contributed by atoms with E-state index >= 15 is 0 Å². The lowest BCUT2D eigenvalue weighted by atomic mass is 10.2. The molecule has 2 rings (SSSR count). The number of halogens is 2. The molecule has 2 aromatic rings. The van der Waals surface area contributed by atoms with E-state index in [9.17, 15) is 9.59 Å². The highest BCUT2D eigenvalue weighted by Gasteiger charge is 2.13. The van der Waals surface area contributed by atoms with E-state index in [1.54, 1.807) is 43.8 Å². The molecule has 130 valence electrons. The standard InChI is InChI=1S/C16H18ClN2O4.BrH/c1-3-22-16(21)10-23-15-5-4-14(17)8-13(15)9-18-6-7-19(11-18)12(2)20;/h4-8,11H,3,9-10H2,1-2H3;1H/q+1;/p-1. The fourth-order valence-electron chi connectivity index (χ4n) is 2.02. The van der Waals surface area contributed by atoms with Crippen LogP contribution in [0.5, 0.6) is 5.75 Å². The SMILES string of the molecule is CCOC(=O)COc1ccc(Cl)cc1C[n+]1ccn(C(C)=O)c1.[Br-]. The van der Waals surface area contributed by atoms with Crippen LogP contribution in [0.3, 0.4) is 0 Å². The molecule has 1 aromatic carbocycles. The minimum atomic E-state index is -0.427. The molecule has 0 radical (unpaired) electrons. The molecule has 0 amide bonds. The lowest BCUT2D eigenvalue weighted by Crippen LogP contribution is -3.00. The molecule has 0 unspecified atom stereocenters. The summed E-state index contributed by atoms with van der Waals surface area (Å²) in [5.41, 5.74) is 0.799. The van der Waals surface area contributed by atoms with Crippen LogP contribution in [0.2, 0.25) is 5.02 Å². The van der Waals surface area contributed by atoms with E-state index < -0.39 is 5.97 Å². The molecule has 0 N–H and O–H groups in total. The van der Waals surface area contributed by atoms with Crippen molar-refractivity contribution < 1.29 is 40.6 Å². The summed E-state index contributed by atoms with van der Waals surface area (Å²) in [7, 11) is 0. The molecule has 8 heteroatoms. The summed E-state index contributed by atoms with van der Waals surface area (Å²) in [6.07, 6.45) is 5.13. The molecule has 24 heavy (non-hydrogen) atoms. The van der Waals surface area contributed by atoms with Crippen LogP contribution in [-0.4, -0.2) is 29.7 Å². The average Bonchev–Trinajstić information content (AvgIpc) is 2.95.